The first-order valence-corrected chi connectivity index (χ1v) is 7.11. The maximum absolute atomic E-state index is 12.3. The number of anilines is 1. The lowest BCUT2D eigenvalue weighted by Crippen LogP contribution is -2.51. The molecular weight excluding hydrogens is 281 g/mol. The van der Waals surface area contributed by atoms with Gasteiger partial charge in [0.25, 0.3) is 0 Å². The summed E-state index contributed by atoms with van der Waals surface area (Å²) in [5.74, 6) is -0.965. The fraction of sp³-hybridized carbons (Fsp3) is 0.533. The molecule has 1 aliphatic heterocycles. The van der Waals surface area contributed by atoms with E-state index < -0.39 is 18.5 Å². The van der Waals surface area contributed by atoms with E-state index in [1.807, 2.05) is 36.1 Å². The smallest absolute Gasteiger partial charge is 0.351 e. The predicted molar refractivity (Wildman–Crippen MR) is 75.0 cm³/mol. The first-order valence-electron chi connectivity index (χ1n) is 7.11. The predicted octanol–water partition coefficient (Wildman–Crippen LogP) is 3.24. The highest BCUT2D eigenvalue weighted by atomic mass is 19.4. The van der Waals surface area contributed by atoms with Gasteiger partial charge >= 0.3 is 6.18 Å². The number of benzene rings is 1. The monoisotopic (exact) mass is 300 g/mol. The molecule has 2 rings (SSSR count). The number of para-hydroxylation sites is 1. The van der Waals surface area contributed by atoms with Gasteiger partial charge in [-0.25, -0.2) is 0 Å². The van der Waals surface area contributed by atoms with Crippen LogP contribution in [0.1, 0.15) is 31.7 Å². The average Bonchev–Trinajstić information content (AvgIpc) is 2.39. The van der Waals surface area contributed by atoms with Crippen LogP contribution in [-0.4, -0.2) is 24.8 Å². The first-order chi connectivity index (χ1) is 9.90. The molecule has 0 aromatic heterocycles. The van der Waals surface area contributed by atoms with Gasteiger partial charge in [-0.2, -0.15) is 13.2 Å². The molecule has 1 heterocycles. The van der Waals surface area contributed by atoms with Crippen LogP contribution in [0.3, 0.4) is 0 Å². The third-order valence-electron chi connectivity index (χ3n) is 3.52. The molecule has 0 saturated heterocycles. The number of nitrogens with one attached hydrogen (secondary N) is 1. The summed E-state index contributed by atoms with van der Waals surface area (Å²) in [5, 5.41) is 2.52. The van der Waals surface area contributed by atoms with Crippen LogP contribution < -0.4 is 10.2 Å². The Kier molecular flexibility index (Phi) is 4.75. The average molecular weight is 300 g/mol. The third kappa shape index (κ3) is 4.12. The Morgan fingerprint density at radius 1 is 1.38 bits per heavy atom. The van der Waals surface area contributed by atoms with E-state index in [9.17, 15) is 18.0 Å². The van der Waals surface area contributed by atoms with Crippen molar-refractivity contribution in [3.63, 3.8) is 0 Å². The highest BCUT2D eigenvalue weighted by Crippen LogP contribution is 2.30. The molecular formula is C15H19F3N2O. The molecule has 1 atom stereocenters. The van der Waals surface area contributed by atoms with Crippen molar-refractivity contribution in [3.8, 4) is 0 Å². The minimum Gasteiger partial charge on any atom is -0.351 e. The lowest BCUT2D eigenvalue weighted by molar-refractivity contribution is -0.154. The van der Waals surface area contributed by atoms with Crippen LogP contribution in [0.25, 0.3) is 0 Å². The van der Waals surface area contributed by atoms with E-state index in [4.69, 9.17) is 0 Å². The molecule has 1 aliphatic rings. The van der Waals surface area contributed by atoms with Crippen LogP contribution in [0.5, 0.6) is 0 Å². The van der Waals surface area contributed by atoms with Crippen molar-refractivity contribution in [1.82, 2.24) is 5.32 Å². The third-order valence-corrected chi connectivity index (χ3v) is 3.52. The number of hydrogen-bond donors (Lipinski definition) is 1. The van der Waals surface area contributed by atoms with Crippen LogP contribution in [0.15, 0.2) is 24.3 Å². The topological polar surface area (TPSA) is 32.3 Å². The Morgan fingerprint density at radius 3 is 2.76 bits per heavy atom. The summed E-state index contributed by atoms with van der Waals surface area (Å²) in [6, 6.07) is 7.83. The quantitative estimate of drug-likeness (QED) is 0.926. The summed E-state index contributed by atoms with van der Waals surface area (Å²) in [6.45, 7) is 2.71. The van der Waals surface area contributed by atoms with E-state index in [-0.39, 0.29) is 6.17 Å². The highest BCUT2D eigenvalue weighted by molar-refractivity contribution is 5.77. The molecule has 1 aromatic rings. The van der Waals surface area contributed by atoms with Crippen LogP contribution in [0.2, 0.25) is 0 Å². The van der Waals surface area contributed by atoms with E-state index >= 15 is 0 Å². The fourth-order valence-corrected chi connectivity index (χ4v) is 2.70. The van der Waals surface area contributed by atoms with Crippen molar-refractivity contribution < 1.29 is 18.0 Å². The Balaban J connectivity index is 2.11. The molecule has 116 valence electrons. The van der Waals surface area contributed by atoms with Gasteiger partial charge in [0.2, 0.25) is 5.91 Å². The molecule has 0 aliphatic carbocycles. The van der Waals surface area contributed by atoms with Crippen LogP contribution in [0, 0.1) is 0 Å². The first kappa shape index (κ1) is 15.7. The number of rotatable bonds is 4. The molecule has 0 bridgehead atoms. The van der Waals surface area contributed by atoms with Crippen molar-refractivity contribution in [2.75, 3.05) is 11.4 Å². The lowest BCUT2D eigenvalue weighted by Gasteiger charge is -2.39. The summed E-state index contributed by atoms with van der Waals surface area (Å²) in [5.41, 5.74) is 2.18. The van der Waals surface area contributed by atoms with Crippen molar-refractivity contribution in [3.05, 3.63) is 29.8 Å². The summed E-state index contributed by atoms with van der Waals surface area (Å²) >= 11 is 0. The Morgan fingerprint density at radius 2 is 2.10 bits per heavy atom. The standard InChI is InChI=1S/C15H19F3N2O/c1-2-9-20-12-6-4-3-5-11(12)7-8-13(20)19-14(21)10-15(16,17)18/h3-6,13H,2,7-10H2,1H3,(H,19,21)/t13-/m1/s1. The highest BCUT2D eigenvalue weighted by Gasteiger charge is 2.33. The van der Waals surface area contributed by atoms with Gasteiger partial charge in [-0.15, -0.1) is 0 Å². The normalized spacial score (nSPS) is 18.3. The van der Waals surface area contributed by atoms with Gasteiger partial charge in [0.05, 0.1) is 0 Å². The SMILES string of the molecule is CCCN1c2ccccc2CC[C@@H]1NC(=O)CC(F)(F)F. The second kappa shape index (κ2) is 6.37. The zero-order valence-corrected chi connectivity index (χ0v) is 11.9. The molecule has 0 spiro atoms. The lowest BCUT2D eigenvalue weighted by atomic mass is 9.99. The molecule has 0 radical (unpaired) electrons. The molecule has 21 heavy (non-hydrogen) atoms. The summed E-state index contributed by atoms with van der Waals surface area (Å²) < 4.78 is 36.8. The Labute approximate surface area is 122 Å². The number of nitrogens with zero attached hydrogens (tertiary/aromatic N) is 1. The van der Waals surface area contributed by atoms with Crippen molar-refractivity contribution in [2.45, 2.75) is 44.9 Å². The van der Waals surface area contributed by atoms with Crippen molar-refractivity contribution in [2.24, 2.45) is 0 Å². The fourth-order valence-electron chi connectivity index (χ4n) is 2.70. The number of carbonyl (C=O) groups is 1. The van der Waals surface area contributed by atoms with Crippen LogP contribution >= 0.6 is 0 Å². The molecule has 3 nitrogen and oxygen atoms in total. The second-order valence-electron chi connectivity index (χ2n) is 5.24. The van der Waals surface area contributed by atoms with Crippen LogP contribution in [0.4, 0.5) is 18.9 Å². The number of alkyl halides is 3. The minimum absolute atomic E-state index is 0.366. The summed E-state index contributed by atoms with van der Waals surface area (Å²) in [6.07, 6.45) is -4.01. The number of carbonyl (C=O) groups excluding carboxylic acids is 1. The van der Waals surface area contributed by atoms with Gasteiger partial charge in [-0.05, 0) is 30.9 Å². The van der Waals surface area contributed by atoms with E-state index in [0.29, 0.717) is 13.0 Å². The maximum atomic E-state index is 12.3. The zero-order chi connectivity index (χ0) is 15.5. The van der Waals surface area contributed by atoms with Gasteiger partial charge in [-0.3, -0.25) is 4.79 Å². The number of fused-ring (bicyclic) bond motifs is 1. The molecule has 0 unspecified atom stereocenters. The molecule has 1 amide bonds. The Hall–Kier alpha value is -1.72. The number of halogens is 3. The van der Waals surface area contributed by atoms with Gasteiger partial charge < -0.3 is 10.2 Å². The van der Waals surface area contributed by atoms with Gasteiger partial charge in [-0.1, -0.05) is 25.1 Å². The van der Waals surface area contributed by atoms with Crippen molar-refractivity contribution in [1.29, 1.82) is 0 Å². The van der Waals surface area contributed by atoms with Gasteiger partial charge in [0.1, 0.15) is 12.6 Å². The molecule has 0 saturated carbocycles. The summed E-state index contributed by atoms with van der Waals surface area (Å²) in [4.78, 5) is 13.5. The zero-order valence-electron chi connectivity index (χ0n) is 11.9. The second-order valence-corrected chi connectivity index (χ2v) is 5.24. The maximum Gasteiger partial charge on any atom is 0.397 e. The number of amides is 1. The number of hydrogen-bond acceptors (Lipinski definition) is 2. The molecule has 6 heteroatoms. The van der Waals surface area contributed by atoms with E-state index in [2.05, 4.69) is 5.32 Å². The van der Waals surface area contributed by atoms with E-state index in [0.717, 1.165) is 18.5 Å². The van der Waals surface area contributed by atoms with Crippen LogP contribution in [-0.2, 0) is 11.2 Å². The summed E-state index contributed by atoms with van der Waals surface area (Å²) in [7, 11) is 0. The Bertz CT molecular complexity index is 502. The van der Waals surface area contributed by atoms with Crippen molar-refractivity contribution >= 4 is 11.6 Å². The molecule has 1 N–H and O–H groups in total. The largest absolute Gasteiger partial charge is 0.397 e. The van der Waals surface area contributed by atoms with Gasteiger partial charge in [0.15, 0.2) is 0 Å². The van der Waals surface area contributed by atoms with Gasteiger partial charge in [0, 0.05) is 12.2 Å². The van der Waals surface area contributed by atoms with E-state index in [1.165, 1.54) is 5.56 Å². The van der Waals surface area contributed by atoms with E-state index in [1.54, 1.807) is 0 Å². The number of aryl methyl sites for hydroxylation is 1. The molecule has 1 aromatic carbocycles. The minimum atomic E-state index is -4.47. The molecule has 0 fully saturated rings.